The van der Waals surface area contributed by atoms with E-state index in [2.05, 4.69) is 20.1 Å². The van der Waals surface area contributed by atoms with E-state index in [1.54, 1.807) is 38.1 Å². The van der Waals surface area contributed by atoms with Gasteiger partial charge in [-0.05, 0) is 118 Å². The number of aromatic nitrogens is 2. The second-order valence-corrected chi connectivity index (χ2v) is 16.2. The number of halogens is 8. The number of carbonyl (C=O) groups is 4. The molecule has 6 aromatic rings. The van der Waals surface area contributed by atoms with E-state index in [9.17, 15) is 45.5 Å². The molecule has 20 heteroatoms. The molecule has 358 valence electrons. The van der Waals surface area contributed by atoms with E-state index >= 15 is 0 Å². The Hall–Kier alpha value is -6.40. The Labute approximate surface area is 391 Å². The number of unbranched alkanes of at least 4 members (excludes halogenated alkanes) is 1. The molecule has 6 rings (SSSR count). The lowest BCUT2D eigenvalue weighted by atomic mass is 10.1. The molecule has 0 unspecified atom stereocenters. The number of methoxy groups -OCH3 is 2. The number of ether oxygens (including phenoxy) is 4. The fourth-order valence-corrected chi connectivity index (χ4v) is 7.73. The zero-order chi connectivity index (χ0) is 49.5. The lowest BCUT2D eigenvalue weighted by molar-refractivity contribution is -0.275. The first-order chi connectivity index (χ1) is 31.5. The molecule has 4 aromatic carbocycles. The molecule has 12 nitrogen and oxygen atoms in total. The number of alkyl halides is 6. The summed E-state index contributed by atoms with van der Waals surface area (Å²) in [7, 11) is 2.92. The van der Waals surface area contributed by atoms with Crippen LogP contribution in [0.5, 0.6) is 23.0 Å². The minimum absolute atomic E-state index is 0.0178. The molecule has 0 bridgehead atoms. The number of hydrogen-bond donors (Lipinski definition) is 2. The van der Waals surface area contributed by atoms with Crippen LogP contribution >= 0.6 is 23.2 Å². The average Bonchev–Trinajstić information content (AvgIpc) is 3.65. The highest BCUT2D eigenvalue weighted by molar-refractivity contribution is 6.33. The van der Waals surface area contributed by atoms with E-state index in [1.165, 1.54) is 47.6 Å². The molecule has 0 saturated carbocycles. The molecule has 2 amide bonds. The van der Waals surface area contributed by atoms with Crippen molar-refractivity contribution in [2.45, 2.75) is 79.1 Å². The Morgan fingerprint density at radius 1 is 0.642 bits per heavy atom. The van der Waals surface area contributed by atoms with E-state index < -0.39 is 36.0 Å². The van der Waals surface area contributed by atoms with Crippen molar-refractivity contribution >= 4 is 68.6 Å². The van der Waals surface area contributed by atoms with Crippen LogP contribution in [0.4, 0.5) is 26.3 Å². The van der Waals surface area contributed by atoms with Crippen LogP contribution in [0.15, 0.2) is 72.8 Å². The van der Waals surface area contributed by atoms with Gasteiger partial charge in [0.15, 0.2) is 0 Å². The van der Waals surface area contributed by atoms with Crippen molar-refractivity contribution in [3.63, 3.8) is 0 Å². The van der Waals surface area contributed by atoms with Gasteiger partial charge in [-0.1, -0.05) is 36.5 Å². The zero-order valence-electron chi connectivity index (χ0n) is 37.2. The number of rotatable bonds is 14. The van der Waals surface area contributed by atoms with Gasteiger partial charge in [0.1, 0.15) is 23.0 Å². The predicted octanol–water partition coefficient (Wildman–Crippen LogP) is 10.9. The number of benzene rings is 4. The standard InChI is InChI=1S/C24H24ClF3N2O4.C23H22ClF3N2O4/c1-4-5-10-29-22(31)12-17-14(2)30(20-13-19(25)21(33-3)11-18(17)20)23(32)15-6-8-16(9-7-15)34-24(26,27)28;1-12(2)28-21(30)10-16-13(3)29(19-11-18(24)20(32-4)9-17(16)19)22(31)14-5-7-15(8-6-14)33-23(25,26)27/h6-9,11,13H,4-5,10,12H2,1-3H3,(H,29,31);5-9,11-12H,10H2,1-4H3,(H,28,30). The van der Waals surface area contributed by atoms with Crippen LogP contribution in [0.2, 0.25) is 10.0 Å². The second kappa shape index (κ2) is 21.5. The summed E-state index contributed by atoms with van der Waals surface area (Å²) in [4.78, 5) is 51.7. The van der Waals surface area contributed by atoms with Gasteiger partial charge in [-0.2, -0.15) is 0 Å². The molecule has 0 aliphatic heterocycles. The van der Waals surface area contributed by atoms with Gasteiger partial charge < -0.3 is 29.6 Å². The molecule has 2 aromatic heterocycles. The van der Waals surface area contributed by atoms with Gasteiger partial charge >= 0.3 is 12.7 Å². The number of hydrogen-bond acceptors (Lipinski definition) is 8. The Balaban J connectivity index is 0.000000251. The highest BCUT2D eigenvalue weighted by atomic mass is 35.5. The molecule has 0 atom stereocenters. The summed E-state index contributed by atoms with van der Waals surface area (Å²) in [6.07, 6.45) is -7.82. The molecule has 0 aliphatic carbocycles. The summed E-state index contributed by atoms with van der Waals surface area (Å²) in [5.74, 6) is -1.49. The third kappa shape index (κ3) is 12.7. The lowest BCUT2D eigenvalue weighted by Gasteiger charge is -2.11. The van der Waals surface area contributed by atoms with Crippen molar-refractivity contribution in [3.8, 4) is 23.0 Å². The smallest absolute Gasteiger partial charge is 0.495 e. The largest absolute Gasteiger partial charge is 0.573 e. The lowest BCUT2D eigenvalue weighted by Crippen LogP contribution is -2.31. The van der Waals surface area contributed by atoms with Crippen LogP contribution in [0.1, 0.15) is 76.8 Å². The van der Waals surface area contributed by atoms with Gasteiger partial charge in [0.05, 0.1) is 48.1 Å². The first-order valence-corrected chi connectivity index (χ1v) is 21.3. The van der Waals surface area contributed by atoms with E-state index in [1.807, 2.05) is 20.8 Å². The first-order valence-electron chi connectivity index (χ1n) is 20.6. The molecule has 0 fully saturated rings. The number of nitrogens with zero attached hydrogens (tertiary/aromatic N) is 2. The average molecular weight is 980 g/mol. The van der Waals surface area contributed by atoms with Gasteiger partial charge in [-0.25, -0.2) is 0 Å². The van der Waals surface area contributed by atoms with Gasteiger partial charge in [-0.3, -0.25) is 28.3 Å². The summed E-state index contributed by atoms with van der Waals surface area (Å²) in [5.41, 5.74) is 3.45. The first kappa shape index (κ1) is 51.6. The van der Waals surface area contributed by atoms with Crippen LogP contribution in [0.25, 0.3) is 21.8 Å². The molecule has 0 aliphatic rings. The molecule has 67 heavy (non-hydrogen) atoms. The number of carbonyl (C=O) groups excluding carboxylic acids is 4. The fraction of sp³-hybridized carbons (Fsp3) is 0.319. The van der Waals surface area contributed by atoms with Crippen molar-refractivity contribution in [3.05, 3.63) is 116 Å². The molecular weight excluding hydrogens is 933 g/mol. The van der Waals surface area contributed by atoms with Crippen LogP contribution in [-0.2, 0) is 22.4 Å². The van der Waals surface area contributed by atoms with Crippen molar-refractivity contribution in [1.29, 1.82) is 0 Å². The quantitative estimate of drug-likeness (QED) is 0.0813. The van der Waals surface area contributed by atoms with Gasteiger partial charge in [0.2, 0.25) is 11.8 Å². The van der Waals surface area contributed by atoms with Crippen LogP contribution in [0, 0.1) is 13.8 Å². The molecule has 2 N–H and O–H groups in total. The molecule has 0 spiro atoms. The van der Waals surface area contributed by atoms with Gasteiger partial charge in [-0.15, -0.1) is 26.3 Å². The van der Waals surface area contributed by atoms with Crippen molar-refractivity contribution in [1.82, 2.24) is 19.8 Å². The SMILES string of the molecule is CCCCNC(=O)Cc1c(C)n(C(=O)c2ccc(OC(F)(F)F)cc2)c2cc(Cl)c(OC)cc12.COc1cc2c(CC(=O)NC(C)C)c(C)n(C(=O)c3ccc(OC(F)(F)F)cc3)c2cc1Cl. The minimum Gasteiger partial charge on any atom is -0.495 e. The fourth-order valence-electron chi connectivity index (χ4n) is 7.26. The van der Waals surface area contributed by atoms with Crippen LogP contribution < -0.4 is 29.6 Å². The summed E-state index contributed by atoms with van der Waals surface area (Å²) in [6, 6.07) is 15.6. The maximum atomic E-state index is 13.4. The van der Waals surface area contributed by atoms with E-state index in [0.29, 0.717) is 62.4 Å². The third-order valence-electron chi connectivity index (χ3n) is 10.3. The molecule has 0 saturated heterocycles. The van der Waals surface area contributed by atoms with Gasteiger partial charge in [0.25, 0.3) is 11.8 Å². The predicted molar refractivity (Wildman–Crippen MR) is 241 cm³/mol. The minimum atomic E-state index is -4.83. The van der Waals surface area contributed by atoms with Crippen molar-refractivity contribution < 1.29 is 64.5 Å². The van der Waals surface area contributed by atoms with E-state index in [0.717, 1.165) is 37.1 Å². The third-order valence-corrected chi connectivity index (χ3v) is 10.9. The normalized spacial score (nSPS) is 11.6. The maximum Gasteiger partial charge on any atom is 0.573 e. The van der Waals surface area contributed by atoms with Crippen LogP contribution in [0.3, 0.4) is 0 Å². The molecule has 0 radical (unpaired) electrons. The summed E-state index contributed by atoms with van der Waals surface area (Å²) in [5, 5.41) is 7.45. The molecule has 2 heterocycles. The summed E-state index contributed by atoms with van der Waals surface area (Å²) < 4.78 is 95.8. The summed E-state index contributed by atoms with van der Waals surface area (Å²) in [6.45, 7) is 9.64. The summed E-state index contributed by atoms with van der Waals surface area (Å²) >= 11 is 12.6. The van der Waals surface area contributed by atoms with Crippen molar-refractivity contribution in [2.24, 2.45) is 0 Å². The topological polar surface area (TPSA) is 139 Å². The number of amides is 2. The highest BCUT2D eigenvalue weighted by Gasteiger charge is 2.32. The Kier molecular flexibility index (Phi) is 16.5. The number of fused-ring (bicyclic) bond motifs is 2. The Bertz CT molecular complexity index is 2780. The Morgan fingerprint density at radius 2 is 1.03 bits per heavy atom. The zero-order valence-corrected chi connectivity index (χ0v) is 38.7. The number of nitrogens with one attached hydrogen (secondary N) is 2. The monoisotopic (exact) mass is 978 g/mol. The van der Waals surface area contributed by atoms with Crippen molar-refractivity contribution in [2.75, 3.05) is 20.8 Å². The highest BCUT2D eigenvalue weighted by Crippen LogP contribution is 2.37. The van der Waals surface area contributed by atoms with Gasteiger partial charge in [0, 0.05) is 45.9 Å². The van der Waals surface area contributed by atoms with E-state index in [-0.39, 0.29) is 51.9 Å². The second-order valence-electron chi connectivity index (χ2n) is 15.3. The van der Waals surface area contributed by atoms with E-state index in [4.69, 9.17) is 32.7 Å². The maximum absolute atomic E-state index is 13.4. The van der Waals surface area contributed by atoms with Crippen LogP contribution in [-0.4, -0.2) is 72.3 Å². The Morgan fingerprint density at radius 3 is 1.37 bits per heavy atom. The molecular formula is C47H46Cl2F6N4O8.